The Labute approximate surface area is 271 Å². The van der Waals surface area contributed by atoms with Gasteiger partial charge in [0.2, 0.25) is 0 Å². The van der Waals surface area contributed by atoms with Gasteiger partial charge in [-0.25, -0.2) is 9.97 Å². The van der Waals surface area contributed by atoms with Crippen LogP contribution in [0.2, 0.25) is 10.2 Å². The number of pyridine rings is 2. The van der Waals surface area contributed by atoms with Gasteiger partial charge in [-0.2, -0.15) is 0 Å². The Hall–Kier alpha value is -4.43. The van der Waals surface area contributed by atoms with E-state index in [1.165, 1.54) is 0 Å². The van der Waals surface area contributed by atoms with Gasteiger partial charge in [-0.1, -0.05) is 59.6 Å². The van der Waals surface area contributed by atoms with Gasteiger partial charge in [0.15, 0.2) is 0 Å². The zero-order valence-electron chi connectivity index (χ0n) is 24.9. The van der Waals surface area contributed by atoms with Gasteiger partial charge in [0.05, 0.1) is 30.8 Å². The Bertz CT molecular complexity index is 2070. The molecular weight excluding hydrogens is 605 g/mol. The van der Waals surface area contributed by atoms with Crippen LogP contribution in [-0.2, 0) is 19.1 Å². The third-order valence-electron chi connectivity index (χ3n) is 8.61. The Morgan fingerprint density at radius 3 is 2.42 bits per heavy atom. The SMILES string of the molecule is COc1ccc(CNC(c2ccc(Cl)nc2)(c2ccc3c(c2)c(-c2cccc(Cl)c2)cc(=O)n3C2CC2)c2cncn2C)cc1. The summed E-state index contributed by atoms with van der Waals surface area (Å²) in [7, 11) is 3.65. The molecule has 1 fully saturated rings. The maximum Gasteiger partial charge on any atom is 0.251 e. The number of imidazole rings is 1. The summed E-state index contributed by atoms with van der Waals surface area (Å²) in [5, 5.41) is 5.88. The van der Waals surface area contributed by atoms with Gasteiger partial charge >= 0.3 is 0 Å². The first-order valence-electron chi connectivity index (χ1n) is 14.8. The van der Waals surface area contributed by atoms with E-state index in [0.717, 1.165) is 63.0 Å². The van der Waals surface area contributed by atoms with E-state index in [0.29, 0.717) is 16.7 Å². The molecule has 3 heterocycles. The normalized spacial score (nSPS) is 14.4. The number of fused-ring (bicyclic) bond motifs is 1. The number of nitrogens with one attached hydrogen (secondary N) is 1. The number of aromatic nitrogens is 4. The number of methoxy groups -OCH3 is 1. The average Bonchev–Trinajstić information content (AvgIpc) is 3.80. The standard InChI is InChI=1S/C36H31Cl2N5O2/c1-42-22-39-21-33(42)36(26-9-15-34(38)40-20-26,41-19-23-6-12-29(45-2)13-7-23)25-8-14-32-31(17-25)30(24-4-3-5-27(37)16-24)18-35(44)43(32)28-10-11-28/h3-9,12-18,20-22,28,41H,10-11,19H2,1-2H3. The van der Waals surface area contributed by atoms with Gasteiger partial charge in [-0.15, -0.1) is 0 Å². The fraction of sp³-hybridized carbons (Fsp3) is 0.194. The van der Waals surface area contributed by atoms with Gasteiger partial charge in [0, 0.05) is 47.9 Å². The average molecular weight is 637 g/mol. The van der Waals surface area contributed by atoms with Gasteiger partial charge in [-0.3, -0.25) is 10.1 Å². The van der Waals surface area contributed by atoms with Crippen molar-refractivity contribution in [3.63, 3.8) is 0 Å². The molecule has 0 bridgehead atoms. The maximum absolute atomic E-state index is 13.5. The fourth-order valence-corrected chi connectivity index (χ4v) is 6.54. The molecule has 3 aromatic carbocycles. The third-order valence-corrected chi connectivity index (χ3v) is 9.07. The first-order valence-corrected chi connectivity index (χ1v) is 15.6. The van der Waals surface area contributed by atoms with Crippen molar-refractivity contribution in [2.24, 2.45) is 7.05 Å². The number of rotatable bonds is 9. The summed E-state index contributed by atoms with van der Waals surface area (Å²) in [6.45, 7) is 0.526. The molecule has 1 saturated carbocycles. The van der Waals surface area contributed by atoms with Crippen LogP contribution < -0.4 is 15.6 Å². The number of benzene rings is 3. The van der Waals surface area contributed by atoms with E-state index in [1.807, 2.05) is 83.2 Å². The van der Waals surface area contributed by atoms with Crippen LogP contribution in [-0.4, -0.2) is 26.2 Å². The Balaban J connectivity index is 1.50. The first-order chi connectivity index (χ1) is 21.9. The Morgan fingerprint density at radius 1 is 0.956 bits per heavy atom. The van der Waals surface area contributed by atoms with E-state index < -0.39 is 5.54 Å². The lowest BCUT2D eigenvalue weighted by Crippen LogP contribution is -2.45. The zero-order valence-corrected chi connectivity index (χ0v) is 26.4. The Kier molecular flexibility index (Phi) is 7.69. The van der Waals surface area contributed by atoms with Crippen molar-refractivity contribution in [3.8, 4) is 16.9 Å². The van der Waals surface area contributed by atoms with E-state index in [1.54, 1.807) is 25.6 Å². The molecule has 9 heteroatoms. The smallest absolute Gasteiger partial charge is 0.251 e. The largest absolute Gasteiger partial charge is 0.497 e. The molecule has 226 valence electrons. The number of ether oxygens (including phenoxy) is 1. The lowest BCUT2D eigenvalue weighted by molar-refractivity contribution is 0.414. The molecule has 1 atom stereocenters. The molecule has 1 N–H and O–H groups in total. The highest BCUT2D eigenvalue weighted by Gasteiger charge is 2.39. The summed E-state index contributed by atoms with van der Waals surface area (Å²) < 4.78 is 9.34. The van der Waals surface area contributed by atoms with Crippen molar-refractivity contribution in [2.45, 2.75) is 31.0 Å². The quantitative estimate of drug-likeness (QED) is 0.166. The summed E-state index contributed by atoms with van der Waals surface area (Å²) in [5.41, 5.74) is 5.55. The summed E-state index contributed by atoms with van der Waals surface area (Å²) in [5.74, 6) is 0.795. The molecule has 1 unspecified atom stereocenters. The minimum atomic E-state index is -0.900. The fourth-order valence-electron chi connectivity index (χ4n) is 6.24. The topological polar surface area (TPSA) is 74.0 Å². The Morgan fingerprint density at radius 2 is 1.76 bits per heavy atom. The maximum atomic E-state index is 13.5. The second-order valence-corrected chi connectivity index (χ2v) is 12.3. The van der Waals surface area contributed by atoms with E-state index >= 15 is 0 Å². The predicted molar refractivity (Wildman–Crippen MR) is 179 cm³/mol. The molecule has 1 aliphatic rings. The lowest BCUT2D eigenvalue weighted by atomic mass is 9.79. The van der Waals surface area contributed by atoms with Crippen LogP contribution in [0.25, 0.3) is 22.0 Å². The predicted octanol–water partition coefficient (Wildman–Crippen LogP) is 7.53. The van der Waals surface area contributed by atoms with E-state index in [4.69, 9.17) is 27.9 Å². The number of halogens is 2. The van der Waals surface area contributed by atoms with E-state index in [2.05, 4.69) is 33.5 Å². The van der Waals surface area contributed by atoms with Gasteiger partial charge in [0.25, 0.3) is 5.56 Å². The highest BCUT2D eigenvalue weighted by molar-refractivity contribution is 6.31. The molecule has 45 heavy (non-hydrogen) atoms. The molecule has 7 rings (SSSR count). The number of nitrogens with zero attached hydrogens (tertiary/aromatic N) is 4. The lowest BCUT2D eigenvalue weighted by Gasteiger charge is -2.37. The van der Waals surface area contributed by atoms with Crippen molar-refractivity contribution in [2.75, 3.05) is 7.11 Å². The molecule has 0 saturated heterocycles. The van der Waals surface area contributed by atoms with Crippen molar-refractivity contribution in [3.05, 3.63) is 147 Å². The van der Waals surface area contributed by atoms with Crippen molar-refractivity contribution >= 4 is 34.1 Å². The monoisotopic (exact) mass is 635 g/mol. The van der Waals surface area contributed by atoms with E-state index in [-0.39, 0.29) is 11.6 Å². The van der Waals surface area contributed by atoms with Gasteiger partial charge in [0.1, 0.15) is 16.4 Å². The second kappa shape index (κ2) is 11.8. The second-order valence-electron chi connectivity index (χ2n) is 11.5. The summed E-state index contributed by atoms with van der Waals surface area (Å²) in [6.07, 6.45) is 7.47. The van der Waals surface area contributed by atoms with Crippen LogP contribution in [0.3, 0.4) is 0 Å². The molecule has 1 aliphatic carbocycles. The molecular formula is C36H31Cl2N5O2. The molecule has 7 nitrogen and oxygen atoms in total. The molecule has 0 spiro atoms. The third kappa shape index (κ3) is 5.41. The van der Waals surface area contributed by atoms with Crippen LogP contribution in [0.15, 0.2) is 108 Å². The number of hydrogen-bond donors (Lipinski definition) is 1. The van der Waals surface area contributed by atoms with Gasteiger partial charge < -0.3 is 13.9 Å². The van der Waals surface area contributed by atoms with Crippen LogP contribution >= 0.6 is 23.2 Å². The minimum absolute atomic E-state index is 0.00912. The highest BCUT2D eigenvalue weighted by Crippen LogP contribution is 2.42. The summed E-state index contributed by atoms with van der Waals surface area (Å²) in [6, 6.07) is 27.8. The summed E-state index contributed by atoms with van der Waals surface area (Å²) in [4.78, 5) is 22.6. The first kappa shape index (κ1) is 29.3. The van der Waals surface area contributed by atoms with Crippen LogP contribution in [0.4, 0.5) is 0 Å². The van der Waals surface area contributed by atoms with Crippen LogP contribution in [0.1, 0.15) is 41.3 Å². The number of hydrogen-bond acceptors (Lipinski definition) is 5. The van der Waals surface area contributed by atoms with Crippen molar-refractivity contribution in [1.82, 2.24) is 24.4 Å². The highest BCUT2D eigenvalue weighted by atomic mass is 35.5. The molecule has 0 aliphatic heterocycles. The molecule has 6 aromatic rings. The molecule has 0 amide bonds. The van der Waals surface area contributed by atoms with Crippen molar-refractivity contribution < 1.29 is 4.74 Å². The van der Waals surface area contributed by atoms with Gasteiger partial charge in [-0.05, 0) is 77.6 Å². The van der Waals surface area contributed by atoms with E-state index in [9.17, 15) is 4.79 Å². The van der Waals surface area contributed by atoms with Crippen LogP contribution in [0.5, 0.6) is 5.75 Å². The molecule has 3 aromatic heterocycles. The molecule has 0 radical (unpaired) electrons. The zero-order chi connectivity index (χ0) is 31.1. The number of aryl methyl sites for hydroxylation is 1. The summed E-state index contributed by atoms with van der Waals surface area (Å²) >= 11 is 12.8. The minimum Gasteiger partial charge on any atom is -0.497 e. The van der Waals surface area contributed by atoms with Crippen molar-refractivity contribution in [1.29, 1.82) is 0 Å². The van der Waals surface area contributed by atoms with Crippen LogP contribution in [0, 0.1) is 0 Å².